The maximum Gasteiger partial charge on any atom is 0.226 e. The summed E-state index contributed by atoms with van der Waals surface area (Å²) in [5.41, 5.74) is 3.21. The van der Waals surface area contributed by atoms with Crippen molar-refractivity contribution in [2.75, 3.05) is 13.6 Å². The Balaban J connectivity index is 1.55. The molecule has 1 aliphatic carbocycles. The fraction of sp³-hybridized carbons (Fsp3) is 0.500. The highest BCUT2D eigenvalue weighted by Crippen LogP contribution is 2.25. The van der Waals surface area contributed by atoms with Gasteiger partial charge in [0.25, 0.3) is 0 Å². The van der Waals surface area contributed by atoms with Crippen LogP contribution in [0.4, 0.5) is 0 Å². The van der Waals surface area contributed by atoms with Crippen molar-refractivity contribution >= 4 is 17.2 Å². The van der Waals surface area contributed by atoms with Gasteiger partial charge in [0.1, 0.15) is 0 Å². The quantitative estimate of drug-likeness (QED) is 0.789. The van der Waals surface area contributed by atoms with Gasteiger partial charge in [0.2, 0.25) is 5.91 Å². The standard InChI is InChI=1S/C20H26N2OS/c1-15-21-19(14-24-15)18-10-8-16(9-11-18)12-20(23)22(2)13-17-6-4-3-5-7-17/h8-11,14,17H,3-7,12-13H2,1-2H3. The van der Waals surface area contributed by atoms with Crippen LogP contribution < -0.4 is 0 Å². The van der Waals surface area contributed by atoms with Crippen molar-refractivity contribution in [2.24, 2.45) is 5.92 Å². The third-order valence-electron chi connectivity index (χ3n) is 4.91. The van der Waals surface area contributed by atoms with Gasteiger partial charge in [0.05, 0.1) is 17.1 Å². The van der Waals surface area contributed by atoms with Gasteiger partial charge >= 0.3 is 0 Å². The Morgan fingerprint density at radius 1 is 1.21 bits per heavy atom. The first-order chi connectivity index (χ1) is 11.6. The molecule has 2 aromatic rings. The second kappa shape index (κ2) is 7.93. The smallest absolute Gasteiger partial charge is 0.226 e. The largest absolute Gasteiger partial charge is 0.345 e. The van der Waals surface area contributed by atoms with Gasteiger partial charge in [-0.15, -0.1) is 11.3 Å². The van der Waals surface area contributed by atoms with Crippen molar-refractivity contribution in [1.82, 2.24) is 9.88 Å². The first-order valence-electron chi connectivity index (χ1n) is 8.87. The summed E-state index contributed by atoms with van der Waals surface area (Å²) in [6, 6.07) is 8.24. The molecule has 0 atom stereocenters. The maximum atomic E-state index is 12.5. The summed E-state index contributed by atoms with van der Waals surface area (Å²) in [7, 11) is 1.95. The van der Waals surface area contributed by atoms with Gasteiger partial charge in [-0.05, 0) is 31.2 Å². The van der Waals surface area contributed by atoms with Gasteiger partial charge in [-0.25, -0.2) is 4.98 Å². The third-order valence-corrected chi connectivity index (χ3v) is 5.68. The molecule has 0 aliphatic heterocycles. The molecule has 1 aliphatic rings. The minimum Gasteiger partial charge on any atom is -0.345 e. The zero-order chi connectivity index (χ0) is 16.9. The summed E-state index contributed by atoms with van der Waals surface area (Å²) in [6.07, 6.45) is 7.05. The van der Waals surface area contributed by atoms with Crippen molar-refractivity contribution in [3.63, 3.8) is 0 Å². The molecule has 0 bridgehead atoms. The topological polar surface area (TPSA) is 33.2 Å². The van der Waals surface area contributed by atoms with Crippen LogP contribution in [0.25, 0.3) is 11.3 Å². The van der Waals surface area contributed by atoms with E-state index < -0.39 is 0 Å². The molecule has 1 fully saturated rings. The molecule has 3 nitrogen and oxygen atoms in total. The second-order valence-corrected chi connectivity index (χ2v) is 7.97. The number of hydrogen-bond acceptors (Lipinski definition) is 3. The number of nitrogens with zero attached hydrogens (tertiary/aromatic N) is 2. The van der Waals surface area contributed by atoms with E-state index in [1.165, 1.54) is 32.1 Å². The Bertz CT molecular complexity index is 671. The summed E-state index contributed by atoms with van der Waals surface area (Å²) < 4.78 is 0. The van der Waals surface area contributed by atoms with Gasteiger partial charge in [0.15, 0.2) is 0 Å². The average Bonchev–Trinajstić information content (AvgIpc) is 3.03. The number of rotatable bonds is 5. The number of carbonyl (C=O) groups is 1. The Morgan fingerprint density at radius 2 is 1.92 bits per heavy atom. The zero-order valence-corrected chi connectivity index (χ0v) is 15.4. The normalized spacial score (nSPS) is 15.4. The Kier molecular flexibility index (Phi) is 5.67. The van der Waals surface area contributed by atoms with Gasteiger partial charge in [-0.3, -0.25) is 4.79 Å². The predicted molar refractivity (Wildman–Crippen MR) is 100 cm³/mol. The Morgan fingerprint density at radius 3 is 2.54 bits per heavy atom. The molecule has 24 heavy (non-hydrogen) atoms. The summed E-state index contributed by atoms with van der Waals surface area (Å²) in [6.45, 7) is 2.93. The molecule has 1 aromatic heterocycles. The van der Waals surface area contributed by atoms with Crippen molar-refractivity contribution in [1.29, 1.82) is 0 Å². The number of aryl methyl sites for hydroxylation is 1. The lowest BCUT2D eigenvalue weighted by Crippen LogP contribution is -2.33. The van der Waals surface area contributed by atoms with Crippen LogP contribution in [0.1, 0.15) is 42.7 Å². The third kappa shape index (κ3) is 4.44. The van der Waals surface area contributed by atoms with Crippen LogP contribution in [0.15, 0.2) is 29.6 Å². The van der Waals surface area contributed by atoms with Crippen LogP contribution in [0.2, 0.25) is 0 Å². The monoisotopic (exact) mass is 342 g/mol. The van der Waals surface area contributed by atoms with E-state index in [9.17, 15) is 4.79 Å². The molecule has 0 saturated heterocycles. The molecule has 4 heteroatoms. The number of aromatic nitrogens is 1. The number of hydrogen-bond donors (Lipinski definition) is 0. The van der Waals surface area contributed by atoms with Gasteiger partial charge < -0.3 is 4.90 Å². The average molecular weight is 343 g/mol. The molecule has 0 N–H and O–H groups in total. The summed E-state index contributed by atoms with van der Waals surface area (Å²) in [5, 5.41) is 3.15. The highest BCUT2D eigenvalue weighted by molar-refractivity contribution is 7.09. The van der Waals surface area contributed by atoms with Crippen LogP contribution >= 0.6 is 11.3 Å². The van der Waals surface area contributed by atoms with E-state index >= 15 is 0 Å². The van der Waals surface area contributed by atoms with Gasteiger partial charge in [-0.1, -0.05) is 43.5 Å². The molecule has 0 unspecified atom stereocenters. The second-order valence-electron chi connectivity index (χ2n) is 6.90. The first kappa shape index (κ1) is 17.2. The fourth-order valence-electron chi connectivity index (χ4n) is 3.46. The highest BCUT2D eigenvalue weighted by Gasteiger charge is 2.18. The zero-order valence-electron chi connectivity index (χ0n) is 14.6. The van der Waals surface area contributed by atoms with Crippen LogP contribution in [-0.4, -0.2) is 29.4 Å². The van der Waals surface area contributed by atoms with E-state index in [0.717, 1.165) is 28.4 Å². The van der Waals surface area contributed by atoms with E-state index in [-0.39, 0.29) is 5.91 Å². The summed E-state index contributed by atoms with van der Waals surface area (Å²) >= 11 is 1.66. The number of benzene rings is 1. The minimum atomic E-state index is 0.220. The molecular formula is C20H26N2OS. The molecule has 1 aromatic carbocycles. The number of amides is 1. The molecule has 3 rings (SSSR count). The van der Waals surface area contributed by atoms with Crippen molar-refractivity contribution < 1.29 is 4.79 Å². The number of thiazole rings is 1. The first-order valence-corrected chi connectivity index (χ1v) is 9.75. The van der Waals surface area contributed by atoms with E-state index in [1.807, 2.05) is 18.9 Å². The summed E-state index contributed by atoms with van der Waals surface area (Å²) in [4.78, 5) is 18.9. The predicted octanol–water partition coefficient (Wildman–Crippen LogP) is 4.70. The van der Waals surface area contributed by atoms with E-state index in [2.05, 4.69) is 34.6 Å². The van der Waals surface area contributed by atoms with Gasteiger partial charge in [0, 0.05) is 24.5 Å². The maximum absolute atomic E-state index is 12.5. The van der Waals surface area contributed by atoms with Crippen molar-refractivity contribution in [2.45, 2.75) is 45.4 Å². The molecule has 1 heterocycles. The number of likely N-dealkylation sites (N-methyl/N-ethyl adjacent to an activating group) is 1. The molecular weight excluding hydrogens is 316 g/mol. The summed E-state index contributed by atoms with van der Waals surface area (Å²) in [5.74, 6) is 0.917. The van der Waals surface area contributed by atoms with Crippen LogP contribution in [-0.2, 0) is 11.2 Å². The lowest BCUT2D eigenvalue weighted by atomic mass is 9.89. The number of carbonyl (C=O) groups excluding carboxylic acids is 1. The molecule has 1 saturated carbocycles. The lowest BCUT2D eigenvalue weighted by Gasteiger charge is -2.27. The SMILES string of the molecule is Cc1nc(-c2ccc(CC(=O)N(C)CC3CCCCC3)cc2)cs1. The van der Waals surface area contributed by atoms with Crippen LogP contribution in [0.5, 0.6) is 0 Å². The van der Waals surface area contributed by atoms with Crippen LogP contribution in [0.3, 0.4) is 0 Å². The Hall–Kier alpha value is -1.68. The molecule has 1 amide bonds. The van der Waals surface area contributed by atoms with Crippen LogP contribution in [0, 0.1) is 12.8 Å². The molecule has 0 spiro atoms. The van der Waals surface area contributed by atoms with E-state index in [0.29, 0.717) is 12.3 Å². The van der Waals surface area contributed by atoms with Gasteiger partial charge in [-0.2, -0.15) is 0 Å². The van der Waals surface area contributed by atoms with E-state index in [4.69, 9.17) is 0 Å². The van der Waals surface area contributed by atoms with E-state index in [1.54, 1.807) is 11.3 Å². The van der Waals surface area contributed by atoms with Crippen molar-refractivity contribution in [3.8, 4) is 11.3 Å². The molecule has 128 valence electrons. The fourth-order valence-corrected chi connectivity index (χ4v) is 4.08. The lowest BCUT2D eigenvalue weighted by molar-refractivity contribution is -0.129. The van der Waals surface area contributed by atoms with Crippen molar-refractivity contribution in [3.05, 3.63) is 40.2 Å². The molecule has 0 radical (unpaired) electrons. The minimum absolute atomic E-state index is 0.220. The Labute approximate surface area is 148 Å². The highest BCUT2D eigenvalue weighted by atomic mass is 32.1.